The first-order chi connectivity index (χ1) is 6.63. The number of benzene rings is 1. The molecule has 14 heavy (non-hydrogen) atoms. The molecule has 0 amide bonds. The molecule has 0 aromatic heterocycles. The van der Waals surface area contributed by atoms with Gasteiger partial charge < -0.3 is 5.32 Å². The minimum Gasteiger partial charge on any atom is -0.338 e. The van der Waals surface area contributed by atoms with E-state index in [0.717, 1.165) is 0 Å². The number of nitro benzene ring substituents is 1. The minimum atomic E-state index is -0.494. The number of anilines is 1. The Kier molecular flexibility index (Phi) is 3.09. The molecule has 0 bridgehead atoms. The van der Waals surface area contributed by atoms with E-state index in [0.29, 0.717) is 5.69 Å². The Balaban J connectivity index is 2.80. The molecule has 0 saturated carbocycles. The minimum absolute atomic E-state index is 0.00146. The predicted octanol–water partition coefficient (Wildman–Crippen LogP) is 1.86. The monoisotopic (exact) mass is 207 g/mol. The Hall–Kier alpha value is -2.00. The van der Waals surface area contributed by atoms with Crippen LogP contribution >= 0.6 is 12.2 Å². The van der Waals surface area contributed by atoms with Gasteiger partial charge in [-0.05, 0) is 24.4 Å². The highest BCUT2D eigenvalue weighted by Crippen LogP contribution is 2.15. The van der Waals surface area contributed by atoms with Crippen molar-refractivity contribution < 1.29 is 4.92 Å². The van der Waals surface area contributed by atoms with E-state index in [-0.39, 0.29) is 10.7 Å². The molecular formula is C8H5N3O2S. The van der Waals surface area contributed by atoms with E-state index in [9.17, 15) is 10.1 Å². The van der Waals surface area contributed by atoms with Crippen LogP contribution in [0.2, 0.25) is 0 Å². The number of hydrogen-bond donors (Lipinski definition) is 1. The van der Waals surface area contributed by atoms with Gasteiger partial charge in [-0.1, -0.05) is 0 Å². The first kappa shape index (κ1) is 10.1. The summed E-state index contributed by atoms with van der Waals surface area (Å²) < 4.78 is 0. The van der Waals surface area contributed by atoms with Gasteiger partial charge in [0.25, 0.3) is 5.69 Å². The van der Waals surface area contributed by atoms with Crippen molar-refractivity contribution in [3.63, 3.8) is 0 Å². The van der Waals surface area contributed by atoms with Gasteiger partial charge in [0.15, 0.2) is 4.99 Å². The van der Waals surface area contributed by atoms with Crippen molar-refractivity contribution in [2.75, 3.05) is 5.32 Å². The lowest BCUT2D eigenvalue weighted by atomic mass is 10.3. The third kappa shape index (κ3) is 2.50. The second-order valence-corrected chi connectivity index (χ2v) is 2.78. The first-order valence-electron chi connectivity index (χ1n) is 3.59. The molecule has 0 aliphatic carbocycles. The van der Waals surface area contributed by atoms with Crippen LogP contribution in [0.4, 0.5) is 11.4 Å². The van der Waals surface area contributed by atoms with E-state index >= 15 is 0 Å². The topological polar surface area (TPSA) is 79.0 Å². The molecule has 0 atom stereocenters. The average molecular weight is 207 g/mol. The lowest BCUT2D eigenvalue weighted by molar-refractivity contribution is -0.384. The van der Waals surface area contributed by atoms with Crippen molar-refractivity contribution in [1.82, 2.24) is 0 Å². The van der Waals surface area contributed by atoms with Gasteiger partial charge in [-0.25, -0.2) is 0 Å². The molecule has 0 aliphatic rings. The predicted molar refractivity (Wildman–Crippen MR) is 54.9 cm³/mol. The summed E-state index contributed by atoms with van der Waals surface area (Å²) in [5.41, 5.74) is 0.556. The lowest BCUT2D eigenvalue weighted by Gasteiger charge is -2.00. The van der Waals surface area contributed by atoms with E-state index in [1.807, 2.05) is 0 Å². The van der Waals surface area contributed by atoms with E-state index in [2.05, 4.69) is 17.5 Å². The van der Waals surface area contributed by atoms with Crippen molar-refractivity contribution in [3.8, 4) is 6.07 Å². The van der Waals surface area contributed by atoms with Crippen LogP contribution in [-0.4, -0.2) is 9.91 Å². The van der Waals surface area contributed by atoms with E-state index in [4.69, 9.17) is 5.26 Å². The molecule has 0 fully saturated rings. The zero-order valence-corrected chi connectivity index (χ0v) is 7.75. The molecule has 1 N–H and O–H groups in total. The molecule has 0 saturated heterocycles. The number of nitrogens with zero attached hydrogens (tertiary/aromatic N) is 2. The molecule has 5 nitrogen and oxygen atoms in total. The van der Waals surface area contributed by atoms with Crippen molar-refractivity contribution >= 4 is 28.6 Å². The lowest BCUT2D eigenvalue weighted by Crippen LogP contribution is -2.05. The number of nitro groups is 1. The maximum Gasteiger partial charge on any atom is 0.269 e. The van der Waals surface area contributed by atoms with Gasteiger partial charge in [0, 0.05) is 17.8 Å². The molecule has 0 radical (unpaired) electrons. The third-order valence-electron chi connectivity index (χ3n) is 1.44. The molecule has 0 spiro atoms. The fourth-order valence-corrected chi connectivity index (χ4v) is 0.943. The van der Waals surface area contributed by atoms with Crippen molar-refractivity contribution in [3.05, 3.63) is 34.4 Å². The number of thiocarbonyl (C=S) groups is 1. The smallest absolute Gasteiger partial charge is 0.269 e. The summed E-state index contributed by atoms with van der Waals surface area (Å²) in [6, 6.07) is 7.38. The van der Waals surface area contributed by atoms with Gasteiger partial charge >= 0.3 is 0 Å². The SMILES string of the molecule is N#CC(=S)Nc1ccc([N+](=O)[O-])cc1. The number of nitriles is 1. The van der Waals surface area contributed by atoms with E-state index in [1.165, 1.54) is 24.3 Å². The van der Waals surface area contributed by atoms with Crippen LogP contribution in [0.25, 0.3) is 0 Å². The quantitative estimate of drug-likeness (QED) is 0.455. The summed E-state index contributed by atoms with van der Waals surface area (Å²) in [4.78, 5) is 9.83. The highest BCUT2D eigenvalue weighted by Gasteiger charge is 2.03. The van der Waals surface area contributed by atoms with Crippen molar-refractivity contribution in [1.29, 1.82) is 5.26 Å². The number of hydrogen-bond acceptors (Lipinski definition) is 4. The van der Waals surface area contributed by atoms with Crippen LogP contribution in [0.3, 0.4) is 0 Å². The maximum atomic E-state index is 10.3. The summed E-state index contributed by atoms with van der Waals surface area (Å²) in [7, 11) is 0. The molecule has 0 aliphatic heterocycles. The summed E-state index contributed by atoms with van der Waals surface area (Å²) in [5, 5.41) is 21.3. The van der Waals surface area contributed by atoms with Crippen molar-refractivity contribution in [2.24, 2.45) is 0 Å². The molecule has 1 rings (SSSR count). The van der Waals surface area contributed by atoms with Crippen molar-refractivity contribution in [2.45, 2.75) is 0 Å². The highest BCUT2D eigenvalue weighted by atomic mass is 32.1. The molecule has 1 aromatic carbocycles. The summed E-state index contributed by atoms with van der Waals surface area (Å²) in [6.45, 7) is 0. The summed E-state index contributed by atoms with van der Waals surface area (Å²) >= 11 is 4.62. The standard InChI is InChI=1S/C8H5N3O2S/c9-5-8(14)10-6-1-3-7(4-2-6)11(12)13/h1-4H,(H,10,14). The normalized spacial score (nSPS) is 8.79. The summed E-state index contributed by atoms with van der Waals surface area (Å²) in [6.07, 6.45) is 0. The molecule has 0 heterocycles. The fourth-order valence-electron chi connectivity index (χ4n) is 0.826. The average Bonchev–Trinajstić information content (AvgIpc) is 2.18. The second-order valence-electron chi connectivity index (χ2n) is 2.37. The Morgan fingerprint density at radius 3 is 2.50 bits per heavy atom. The Labute approximate surface area is 85.1 Å². The maximum absolute atomic E-state index is 10.3. The Bertz CT molecular complexity index is 408. The van der Waals surface area contributed by atoms with Crippen LogP contribution in [0.1, 0.15) is 0 Å². The van der Waals surface area contributed by atoms with Gasteiger partial charge in [0.2, 0.25) is 0 Å². The largest absolute Gasteiger partial charge is 0.338 e. The number of nitrogens with one attached hydrogen (secondary N) is 1. The van der Waals surface area contributed by atoms with Crippen LogP contribution in [0.5, 0.6) is 0 Å². The zero-order chi connectivity index (χ0) is 10.6. The molecule has 6 heteroatoms. The number of non-ortho nitro benzene ring substituents is 1. The third-order valence-corrected chi connectivity index (χ3v) is 1.63. The van der Waals surface area contributed by atoms with Crippen LogP contribution in [0, 0.1) is 21.4 Å². The van der Waals surface area contributed by atoms with Gasteiger partial charge in [0.1, 0.15) is 6.07 Å². The number of rotatable bonds is 2. The van der Waals surface area contributed by atoms with Crippen LogP contribution in [-0.2, 0) is 0 Å². The molecular weight excluding hydrogens is 202 g/mol. The first-order valence-corrected chi connectivity index (χ1v) is 4.00. The molecule has 70 valence electrons. The van der Waals surface area contributed by atoms with Gasteiger partial charge in [-0.15, -0.1) is 0 Å². The van der Waals surface area contributed by atoms with E-state index < -0.39 is 4.92 Å². The van der Waals surface area contributed by atoms with E-state index in [1.54, 1.807) is 6.07 Å². The summed E-state index contributed by atoms with van der Waals surface area (Å²) in [5.74, 6) is 0. The Morgan fingerprint density at radius 1 is 1.50 bits per heavy atom. The van der Waals surface area contributed by atoms with Crippen LogP contribution < -0.4 is 5.32 Å². The zero-order valence-electron chi connectivity index (χ0n) is 6.93. The van der Waals surface area contributed by atoms with Gasteiger partial charge in [-0.2, -0.15) is 5.26 Å². The highest BCUT2D eigenvalue weighted by molar-refractivity contribution is 7.81. The second kappa shape index (κ2) is 4.30. The van der Waals surface area contributed by atoms with Gasteiger partial charge in [-0.3, -0.25) is 10.1 Å². The molecule has 0 unspecified atom stereocenters. The fraction of sp³-hybridized carbons (Fsp3) is 0. The van der Waals surface area contributed by atoms with Gasteiger partial charge in [0.05, 0.1) is 4.92 Å². The van der Waals surface area contributed by atoms with Crippen LogP contribution in [0.15, 0.2) is 24.3 Å². The molecule has 1 aromatic rings. The Morgan fingerprint density at radius 2 is 2.07 bits per heavy atom.